The van der Waals surface area contributed by atoms with Crippen molar-refractivity contribution in [3.8, 4) is 0 Å². The zero-order valence-corrected chi connectivity index (χ0v) is 12.1. The first-order chi connectivity index (χ1) is 8.94. The molecule has 2 heterocycles. The van der Waals surface area contributed by atoms with E-state index in [4.69, 9.17) is 0 Å². The number of nitrogens with zero attached hydrogens (tertiary/aromatic N) is 3. The van der Waals surface area contributed by atoms with Gasteiger partial charge in [0.2, 0.25) is 5.91 Å². The van der Waals surface area contributed by atoms with Gasteiger partial charge in [-0.15, -0.1) is 0 Å². The average Bonchev–Trinajstić information content (AvgIpc) is 2.55. The fraction of sp³-hybridized carbons (Fsp3) is 0.643. The molecule has 5 nitrogen and oxygen atoms in total. The summed E-state index contributed by atoms with van der Waals surface area (Å²) in [5, 5.41) is 9.32. The molecule has 5 heteroatoms. The van der Waals surface area contributed by atoms with E-state index in [0.717, 1.165) is 12.1 Å². The van der Waals surface area contributed by atoms with E-state index in [1.807, 2.05) is 30.3 Å². The third-order valence-electron chi connectivity index (χ3n) is 3.74. The van der Waals surface area contributed by atoms with Crippen LogP contribution in [0, 0.1) is 0 Å². The number of fused-ring (bicyclic) bond motifs is 2. The molecule has 0 spiro atoms. The van der Waals surface area contributed by atoms with Crippen molar-refractivity contribution in [1.29, 1.82) is 0 Å². The van der Waals surface area contributed by atoms with E-state index >= 15 is 0 Å². The Hall–Kier alpha value is -1.65. The largest absolute Gasteiger partial charge is 0.349 e. The first-order valence-electron chi connectivity index (χ1n) is 6.77. The van der Waals surface area contributed by atoms with Gasteiger partial charge < -0.3 is 5.32 Å². The van der Waals surface area contributed by atoms with Crippen LogP contribution in [0.1, 0.15) is 34.1 Å². The summed E-state index contributed by atoms with van der Waals surface area (Å²) in [6.07, 6.45) is 6.59. The minimum absolute atomic E-state index is 0.0213. The second-order valence-electron chi connectivity index (χ2n) is 5.68. The van der Waals surface area contributed by atoms with Gasteiger partial charge in [-0.25, -0.2) is 0 Å². The molecule has 2 unspecified atom stereocenters. The molecule has 0 saturated carbocycles. The van der Waals surface area contributed by atoms with Gasteiger partial charge in [-0.2, -0.15) is 5.10 Å². The number of hydrogen-bond donors (Lipinski definition) is 1. The fourth-order valence-corrected chi connectivity index (χ4v) is 2.15. The van der Waals surface area contributed by atoms with E-state index in [0.29, 0.717) is 6.54 Å². The van der Waals surface area contributed by atoms with Crippen molar-refractivity contribution in [2.45, 2.75) is 51.7 Å². The quantitative estimate of drug-likeness (QED) is 0.764. The molecule has 0 radical (unpaired) electrons. The molecule has 0 aromatic rings. The van der Waals surface area contributed by atoms with Gasteiger partial charge in [-0.3, -0.25) is 14.8 Å². The highest BCUT2D eigenvalue weighted by molar-refractivity contribution is 5.93. The van der Waals surface area contributed by atoms with Gasteiger partial charge in [0.05, 0.1) is 18.3 Å². The van der Waals surface area contributed by atoms with Crippen molar-refractivity contribution < 1.29 is 4.79 Å². The maximum absolute atomic E-state index is 12.3. The van der Waals surface area contributed by atoms with Crippen LogP contribution in [0.25, 0.3) is 0 Å². The van der Waals surface area contributed by atoms with Crippen molar-refractivity contribution in [3.05, 3.63) is 12.2 Å². The monoisotopic (exact) mass is 262 g/mol. The molecule has 0 saturated heterocycles. The first-order valence-corrected chi connectivity index (χ1v) is 6.77. The molecule has 2 atom stereocenters. The molecule has 0 aromatic heterocycles. The topological polar surface area (TPSA) is 57.1 Å². The lowest BCUT2D eigenvalue weighted by molar-refractivity contribution is -0.126. The van der Waals surface area contributed by atoms with Gasteiger partial charge in [0.1, 0.15) is 12.1 Å². The van der Waals surface area contributed by atoms with Crippen molar-refractivity contribution in [2.24, 2.45) is 10.1 Å². The van der Waals surface area contributed by atoms with Crippen LogP contribution < -0.4 is 5.32 Å². The van der Waals surface area contributed by atoms with E-state index in [2.05, 4.69) is 36.2 Å². The van der Waals surface area contributed by atoms with Crippen LogP contribution in [0.15, 0.2) is 22.2 Å². The summed E-state index contributed by atoms with van der Waals surface area (Å²) in [6.45, 7) is 8.72. The third kappa shape index (κ3) is 2.85. The van der Waals surface area contributed by atoms with Crippen LogP contribution in [0.2, 0.25) is 0 Å². The Labute approximate surface area is 114 Å². The van der Waals surface area contributed by atoms with Gasteiger partial charge in [-0.05, 0) is 27.2 Å². The molecule has 19 heavy (non-hydrogen) atoms. The van der Waals surface area contributed by atoms with Crippen LogP contribution in [0.5, 0.6) is 0 Å². The van der Waals surface area contributed by atoms with Crippen LogP contribution in [-0.2, 0) is 4.79 Å². The second kappa shape index (κ2) is 5.15. The van der Waals surface area contributed by atoms with Crippen molar-refractivity contribution in [3.63, 3.8) is 0 Å². The third-order valence-corrected chi connectivity index (χ3v) is 3.74. The van der Waals surface area contributed by atoms with Crippen LogP contribution in [0.4, 0.5) is 0 Å². The number of amides is 1. The molecule has 2 bridgehead atoms. The summed E-state index contributed by atoms with van der Waals surface area (Å²) in [4.78, 5) is 16.8. The number of aliphatic imine (C=N–C) groups is 1. The lowest BCUT2D eigenvalue weighted by atomic mass is 9.98. The molecule has 2 aliphatic rings. The average molecular weight is 262 g/mol. The SMILES string of the molecule is CCC(C)(C)N1N=CC2C=CC1C(=O)NC/C(C)=N/2. The van der Waals surface area contributed by atoms with Crippen molar-refractivity contribution in [2.75, 3.05) is 6.54 Å². The second-order valence-corrected chi connectivity index (χ2v) is 5.68. The van der Waals surface area contributed by atoms with E-state index in [-0.39, 0.29) is 23.5 Å². The standard InChI is InChI=1S/C14H22N4O/c1-5-14(3,4)18-12-7-6-11(9-16-18)17-10(2)8-15-13(12)19/h6-7,9,11-12H,5,8H2,1-4H3,(H,15,19)/b17-10+. The van der Waals surface area contributed by atoms with Crippen LogP contribution in [-0.4, -0.2) is 47.0 Å². The molecule has 0 aliphatic carbocycles. The fourth-order valence-electron chi connectivity index (χ4n) is 2.15. The summed E-state index contributed by atoms with van der Waals surface area (Å²) >= 11 is 0. The Balaban J connectivity index is 2.42. The van der Waals surface area contributed by atoms with E-state index in [1.54, 1.807) is 0 Å². The summed E-state index contributed by atoms with van der Waals surface area (Å²) < 4.78 is 0. The predicted octanol–water partition coefficient (Wildman–Crippen LogP) is 1.36. The van der Waals surface area contributed by atoms with E-state index in [9.17, 15) is 4.79 Å². The Morgan fingerprint density at radius 2 is 2.21 bits per heavy atom. The zero-order chi connectivity index (χ0) is 14.0. The lowest BCUT2D eigenvalue weighted by Gasteiger charge is -2.39. The molecule has 104 valence electrons. The molecule has 1 amide bonds. The highest BCUT2D eigenvalue weighted by atomic mass is 16.2. The van der Waals surface area contributed by atoms with Gasteiger partial charge in [-0.1, -0.05) is 19.1 Å². The minimum atomic E-state index is -0.364. The normalized spacial score (nSPS) is 30.0. The molecule has 1 N–H and O–H groups in total. The molecular formula is C14H22N4O. The highest BCUT2D eigenvalue weighted by Gasteiger charge is 2.34. The Bertz CT molecular complexity index is 450. The molecular weight excluding hydrogens is 240 g/mol. The summed E-state index contributed by atoms with van der Waals surface area (Å²) in [7, 11) is 0. The van der Waals surface area contributed by atoms with E-state index in [1.165, 1.54) is 0 Å². The zero-order valence-electron chi connectivity index (χ0n) is 12.1. The maximum atomic E-state index is 12.3. The summed E-state index contributed by atoms with van der Waals surface area (Å²) in [5.74, 6) is -0.0213. The highest BCUT2D eigenvalue weighted by Crippen LogP contribution is 2.24. The Morgan fingerprint density at radius 3 is 2.89 bits per heavy atom. The van der Waals surface area contributed by atoms with Gasteiger partial charge in [0, 0.05) is 5.71 Å². The number of carbonyl (C=O) groups excluding carboxylic acids is 1. The van der Waals surface area contributed by atoms with Crippen LogP contribution in [0.3, 0.4) is 0 Å². The Morgan fingerprint density at radius 1 is 1.47 bits per heavy atom. The Kier molecular flexibility index (Phi) is 3.73. The number of hydrazone groups is 1. The minimum Gasteiger partial charge on any atom is -0.349 e. The number of hydrogen-bond acceptors (Lipinski definition) is 4. The number of nitrogens with one attached hydrogen (secondary N) is 1. The lowest BCUT2D eigenvalue weighted by Crippen LogP contribution is -2.52. The summed E-state index contributed by atoms with van der Waals surface area (Å²) in [6, 6.07) is -0.440. The number of carbonyl (C=O) groups is 1. The first kappa shape index (κ1) is 13.8. The molecule has 2 rings (SSSR count). The van der Waals surface area contributed by atoms with Crippen LogP contribution >= 0.6 is 0 Å². The summed E-state index contributed by atoms with van der Waals surface area (Å²) in [5.41, 5.74) is 0.744. The van der Waals surface area contributed by atoms with Gasteiger partial charge >= 0.3 is 0 Å². The van der Waals surface area contributed by atoms with Crippen molar-refractivity contribution in [1.82, 2.24) is 10.3 Å². The smallest absolute Gasteiger partial charge is 0.248 e. The number of rotatable bonds is 2. The van der Waals surface area contributed by atoms with Gasteiger partial charge in [0.25, 0.3) is 0 Å². The van der Waals surface area contributed by atoms with E-state index < -0.39 is 0 Å². The van der Waals surface area contributed by atoms with Gasteiger partial charge in [0.15, 0.2) is 0 Å². The molecule has 2 aliphatic heterocycles. The maximum Gasteiger partial charge on any atom is 0.248 e. The predicted molar refractivity (Wildman–Crippen MR) is 77.5 cm³/mol. The molecule has 0 aromatic carbocycles. The van der Waals surface area contributed by atoms with Crippen molar-refractivity contribution >= 4 is 17.8 Å². The molecule has 0 fully saturated rings.